The number of amides is 7. The monoisotopic (exact) mass is 1600 g/mol. The van der Waals surface area contributed by atoms with Crippen LogP contribution in [0.25, 0.3) is 111 Å². The molecule has 0 spiro atoms. The summed E-state index contributed by atoms with van der Waals surface area (Å²) in [6, 6.07) is 52.7. The van der Waals surface area contributed by atoms with Crippen molar-refractivity contribution in [3.63, 3.8) is 0 Å². The number of nitrogens with zero attached hydrogens (tertiary/aromatic N) is 8. The number of carbonyl (C=O) groups excluding carboxylic acids is 7. The molecule has 0 saturated carbocycles. The van der Waals surface area contributed by atoms with E-state index < -0.39 is 53.3 Å². The maximum Gasteiger partial charge on any atom is 0.426 e. The fourth-order valence-electron chi connectivity index (χ4n) is 10.7. The number of nitrogen functional groups attached to an aromatic ring is 1. The van der Waals surface area contributed by atoms with Crippen LogP contribution in [0.2, 0.25) is 1.41 Å². The van der Waals surface area contributed by atoms with E-state index in [-0.39, 0.29) is 25.6 Å². The molecule has 0 atom stereocenters. The van der Waals surface area contributed by atoms with Crippen LogP contribution >= 0.6 is 28.3 Å². The molecular weight excluding hydrogens is 1530 g/mol. The van der Waals surface area contributed by atoms with Crippen LogP contribution in [0.3, 0.4) is 0 Å². The molecule has 0 radical (unpaired) electrons. The number of alkyl carbamates (subject to hydrolysis) is 2. The van der Waals surface area contributed by atoms with Gasteiger partial charge in [-0.05, 0) is 112 Å². The molecule has 8 heterocycles. The second-order valence-corrected chi connectivity index (χ2v) is 26.7. The summed E-state index contributed by atoms with van der Waals surface area (Å²) in [5, 5.41) is 14.6. The van der Waals surface area contributed by atoms with Crippen LogP contribution in [0.5, 0.6) is 0 Å². The minimum atomic E-state index is -0.774. The van der Waals surface area contributed by atoms with Crippen LogP contribution < -0.4 is 49.7 Å². The van der Waals surface area contributed by atoms with Crippen LogP contribution in [0.1, 0.15) is 85.6 Å². The van der Waals surface area contributed by atoms with E-state index in [1.54, 1.807) is 127 Å². The molecular formula is C79H77BrClN17O14. The first-order chi connectivity index (χ1) is 54.4. The number of rotatable bonds is 14. The lowest BCUT2D eigenvalue weighted by atomic mass is 9.99. The molecule has 7 amide bonds. The van der Waals surface area contributed by atoms with Gasteiger partial charge in [0.15, 0.2) is 24.7 Å². The second-order valence-electron chi connectivity index (χ2n) is 25.8. The predicted octanol–water partition coefficient (Wildman–Crippen LogP) is 13.7. The summed E-state index contributed by atoms with van der Waals surface area (Å²) in [4.78, 5) is 111. The molecule has 8 aromatic heterocycles. The van der Waals surface area contributed by atoms with Gasteiger partial charge < -0.3 is 50.2 Å². The Labute approximate surface area is 657 Å². The normalized spacial score (nSPS) is 10.8. The number of nitrogens with one attached hydrogen (secondary N) is 7. The number of hydrogen-bond donors (Lipinski definition) is 9. The number of ether oxygens (including phenoxy) is 4. The second kappa shape index (κ2) is 37.9. The highest BCUT2D eigenvalue weighted by Crippen LogP contribution is 2.33. The third-order valence-corrected chi connectivity index (χ3v) is 16.3. The predicted molar refractivity (Wildman–Crippen MR) is 424 cm³/mol. The molecule has 5 aromatic carbocycles. The number of aromatic nitrogens is 8. The average molecular weight is 1610 g/mol. The van der Waals surface area contributed by atoms with Crippen LogP contribution in [-0.4, -0.2) is 113 Å². The Kier molecular flexibility index (Phi) is 27.4. The number of carbonyl (C=O) groups is 7. The molecule has 0 aliphatic rings. The van der Waals surface area contributed by atoms with E-state index in [1.165, 1.54) is 14.1 Å². The average Bonchev–Trinajstić information content (AvgIpc) is 0.873. The van der Waals surface area contributed by atoms with E-state index >= 15 is 0 Å². The van der Waals surface area contributed by atoms with Crippen LogP contribution in [0, 0.1) is 0 Å². The number of fused-ring (bicyclic) bond motifs is 3. The standard InChI is InChI=1S/C32H30N6O6.C27H22N6O4.C20H19BrN4O3.ClH.H3N.H2O/c1-32(2,3)43-31(41)37-36-29(39)24-16-27(35-26-13-14-34-17-25(24)26)21-9-5-19(6-10-21)20-7-11-22(12-8-20)28-15-23(44-38-28)18-42-30(40)33-4;1-29-27(35)36-15-20-12-25(33-37-20)19-8-4-17(5-9-19)16-2-6-18(7-3-16)24-13-21(26(34)32-28)22-14-30-11-10-23(22)31-24;1-20(2,3)28-19(27)25-24-18(26)14-10-17(12-4-6-13(21)7-5-12)23-16-8-9-22-11-15(14)16;;;/h5-17H,18H2,1-4H3,(H,33,40)(H,36,39)(H,37,41);2-14H,15,28H2,1H3,(H,29,35)(H,32,34);4-11H,1-3H3,(H,24,26)(H,25,27);1H;1H3;1H2/i/hD2. The van der Waals surface area contributed by atoms with Gasteiger partial charge in [-0.3, -0.25) is 45.6 Å². The molecule has 13 rings (SSSR count). The number of hydrogen-bond acceptors (Lipinski definition) is 23. The Bertz CT molecular complexity index is 5510. The molecule has 0 saturated heterocycles. The van der Waals surface area contributed by atoms with E-state index in [0.717, 1.165) is 54.5 Å². The fourth-order valence-corrected chi connectivity index (χ4v) is 10.9. The molecule has 0 fully saturated rings. The molecule has 0 bridgehead atoms. The van der Waals surface area contributed by atoms with E-state index in [0.29, 0.717) is 89.4 Å². The van der Waals surface area contributed by atoms with Crippen LogP contribution in [0.4, 0.5) is 19.2 Å². The van der Waals surface area contributed by atoms with Gasteiger partial charge in [0.05, 0.1) is 50.3 Å². The third-order valence-electron chi connectivity index (χ3n) is 15.8. The maximum absolute atomic E-state index is 13.1. The van der Waals surface area contributed by atoms with E-state index in [1.807, 2.05) is 121 Å². The van der Waals surface area contributed by atoms with Crippen molar-refractivity contribution in [2.24, 2.45) is 5.84 Å². The molecule has 14 N–H and O–H groups in total. The van der Waals surface area contributed by atoms with Crippen molar-refractivity contribution in [2.45, 2.75) is 66.0 Å². The van der Waals surface area contributed by atoms with Gasteiger partial charge >= 0.3 is 24.4 Å². The lowest BCUT2D eigenvalue weighted by Gasteiger charge is -2.20. The van der Waals surface area contributed by atoms with Crippen molar-refractivity contribution in [3.05, 3.63) is 240 Å². The Morgan fingerprint density at radius 1 is 0.429 bits per heavy atom. The Hall–Kier alpha value is -13.7. The summed E-state index contributed by atoms with van der Waals surface area (Å²) >= 11 is 3.41. The topological polar surface area (TPSA) is 463 Å². The first kappa shape index (κ1) is 80.9. The molecule has 0 aliphatic carbocycles. The first-order valence-corrected chi connectivity index (χ1v) is 34.3. The zero-order valence-corrected chi connectivity index (χ0v) is 63.7. The maximum atomic E-state index is 13.1. The quantitative estimate of drug-likeness (QED) is 0.0211. The lowest BCUT2D eigenvalue weighted by molar-refractivity contribution is 0.0477. The van der Waals surface area contributed by atoms with Gasteiger partial charge in [0.2, 0.25) is 1.43 Å². The minimum absolute atomic E-state index is 0. The van der Waals surface area contributed by atoms with Gasteiger partial charge in [-0.1, -0.05) is 135 Å². The molecule has 13 aromatic rings. The van der Waals surface area contributed by atoms with Crippen molar-refractivity contribution in [3.8, 4) is 78.5 Å². The van der Waals surface area contributed by atoms with Gasteiger partial charge in [0, 0.05) is 112 Å². The van der Waals surface area contributed by atoms with Gasteiger partial charge in [0.1, 0.15) is 24.0 Å². The van der Waals surface area contributed by atoms with Crippen molar-refractivity contribution < 1.29 is 69.9 Å². The summed E-state index contributed by atoms with van der Waals surface area (Å²) in [6.07, 6.45) is 10.7. The summed E-state index contributed by atoms with van der Waals surface area (Å²) in [5.41, 5.74) is 30.6. The largest absolute Gasteiger partial charge is 0.443 e. The number of pyridine rings is 6. The number of halogens is 2. The van der Waals surface area contributed by atoms with Crippen molar-refractivity contribution >= 4 is 103 Å². The molecule has 576 valence electrons. The van der Waals surface area contributed by atoms with Crippen LogP contribution in [-0.2, 0) is 32.2 Å². The molecule has 0 unspecified atom stereocenters. The van der Waals surface area contributed by atoms with Gasteiger partial charge in [0.25, 0.3) is 17.7 Å². The fraction of sp³-hybridized carbons (Fsp3) is 0.152. The zero-order valence-electron chi connectivity index (χ0n) is 63.3. The van der Waals surface area contributed by atoms with Crippen molar-refractivity contribution in [1.29, 1.82) is 0 Å². The molecule has 33 heteroatoms. The minimum Gasteiger partial charge on any atom is -0.443 e. The van der Waals surface area contributed by atoms with Gasteiger partial charge in [-0.2, -0.15) is 0 Å². The van der Waals surface area contributed by atoms with E-state index in [4.69, 9.17) is 52.1 Å². The van der Waals surface area contributed by atoms with E-state index in [2.05, 4.69) is 90.1 Å². The lowest BCUT2D eigenvalue weighted by Crippen LogP contribution is -2.44. The van der Waals surface area contributed by atoms with Gasteiger partial charge in [-0.15, -0.1) is 12.4 Å². The molecule has 0 aliphatic heterocycles. The molecule has 112 heavy (non-hydrogen) atoms. The third kappa shape index (κ3) is 22.0. The van der Waals surface area contributed by atoms with Crippen LogP contribution in [0.15, 0.2) is 221 Å². The highest BCUT2D eigenvalue weighted by atomic mass is 79.9. The summed E-state index contributed by atoms with van der Waals surface area (Å²) in [6.45, 7) is 10.4. The van der Waals surface area contributed by atoms with Crippen molar-refractivity contribution in [2.75, 3.05) is 14.1 Å². The summed E-state index contributed by atoms with van der Waals surface area (Å²) in [7, 11) is 2.97. The highest BCUT2D eigenvalue weighted by molar-refractivity contribution is 9.10. The van der Waals surface area contributed by atoms with E-state index in [9.17, 15) is 33.6 Å². The molecule has 31 nitrogen and oxygen atoms in total. The smallest absolute Gasteiger partial charge is 0.426 e. The zero-order chi connectivity index (χ0) is 81.4. The number of hydrazine groups is 3. The first-order valence-electron chi connectivity index (χ1n) is 34.5. The highest BCUT2D eigenvalue weighted by Gasteiger charge is 2.23. The Morgan fingerprint density at radius 3 is 1.01 bits per heavy atom. The number of benzene rings is 5. The number of nitrogens with two attached hydrogens (primary N) is 1. The van der Waals surface area contributed by atoms with Crippen molar-refractivity contribution in [1.82, 2.24) is 84.1 Å². The summed E-state index contributed by atoms with van der Waals surface area (Å²) in [5.74, 6) is 4.82. The Balaban J connectivity index is 0.000000213. The SMILES string of the molecule is CC(C)(C)OC(=O)NNC(=O)c1cc(-c2ccc(Br)cc2)nc2ccncc12.CNC(=O)OCc1cc(-c2ccc(-c3ccc(-c4cc(C(=O)NN)c5cnccc5n4)cc3)cc2)no1.CNC(=O)OCc1cc(-c2ccc(-c3ccc(-c4cc(C(=O)NNC(=O)OC(C)(C)C)c5cnccc5n4)cc3)cc2)no1.Cl.[2H]N.[2H]O. The Morgan fingerprint density at radius 2 is 0.714 bits per heavy atom. The summed E-state index contributed by atoms with van der Waals surface area (Å²) < 4.78 is 41.7. The van der Waals surface area contributed by atoms with Gasteiger partial charge in [-0.25, -0.2) is 50.8 Å².